The summed E-state index contributed by atoms with van der Waals surface area (Å²) in [6, 6.07) is 65.0. The van der Waals surface area contributed by atoms with Crippen LogP contribution in [0.25, 0.3) is 43.8 Å². The fraction of sp³-hybridized carbons (Fsp3) is 0.0222. The van der Waals surface area contributed by atoms with Gasteiger partial charge in [-0.1, -0.05) is 140 Å². The van der Waals surface area contributed by atoms with Crippen LogP contribution in [0, 0.1) is 0 Å². The molecule has 2 aliphatic carbocycles. The molecule has 46 heavy (non-hydrogen) atoms. The van der Waals surface area contributed by atoms with Crippen molar-refractivity contribution >= 4 is 38.6 Å². The van der Waals surface area contributed by atoms with Crippen LogP contribution in [0.3, 0.4) is 0 Å². The standard InChI is InChI=1S/C45H29N/c1-2-14-33(15-3-1)46(34-25-22-30-12-4-5-13-32(30)28-34)35-26-23-31-24-27-39-38-18-8-11-21-43(38)45(44(39)40(31)29-35)41-19-9-6-16-36(41)37-17-7-10-20-42(37)45/h1-29H. The number of hydrogen-bond acceptors (Lipinski definition) is 1. The van der Waals surface area contributed by atoms with E-state index in [1.165, 1.54) is 66.1 Å². The van der Waals surface area contributed by atoms with Crippen molar-refractivity contribution in [1.29, 1.82) is 0 Å². The molecule has 0 N–H and O–H groups in total. The molecule has 0 unspecified atom stereocenters. The molecule has 0 atom stereocenters. The Morgan fingerprint density at radius 2 is 0.826 bits per heavy atom. The normalized spacial score (nSPS) is 13.4. The predicted molar refractivity (Wildman–Crippen MR) is 192 cm³/mol. The fourth-order valence-corrected chi connectivity index (χ4v) is 8.39. The molecule has 2 aliphatic rings. The zero-order valence-corrected chi connectivity index (χ0v) is 25.2. The molecule has 0 saturated heterocycles. The first kappa shape index (κ1) is 25.4. The zero-order valence-electron chi connectivity index (χ0n) is 25.2. The second kappa shape index (κ2) is 9.54. The monoisotopic (exact) mass is 583 g/mol. The van der Waals surface area contributed by atoms with Crippen LogP contribution >= 0.6 is 0 Å². The third-order valence-electron chi connectivity index (χ3n) is 10.2. The smallest absolute Gasteiger partial charge is 0.0731 e. The number of rotatable bonds is 3. The van der Waals surface area contributed by atoms with E-state index in [0.29, 0.717) is 0 Å². The Morgan fingerprint density at radius 1 is 0.326 bits per heavy atom. The Morgan fingerprint density at radius 3 is 1.50 bits per heavy atom. The molecule has 1 spiro atoms. The molecule has 214 valence electrons. The van der Waals surface area contributed by atoms with Crippen molar-refractivity contribution in [2.75, 3.05) is 4.90 Å². The first-order valence-electron chi connectivity index (χ1n) is 16.0. The number of hydrogen-bond donors (Lipinski definition) is 0. The summed E-state index contributed by atoms with van der Waals surface area (Å²) < 4.78 is 0. The molecule has 10 rings (SSSR count). The molecule has 0 aromatic heterocycles. The summed E-state index contributed by atoms with van der Waals surface area (Å²) in [4.78, 5) is 2.40. The van der Waals surface area contributed by atoms with Gasteiger partial charge in [-0.2, -0.15) is 0 Å². The van der Waals surface area contributed by atoms with Gasteiger partial charge < -0.3 is 4.90 Å². The van der Waals surface area contributed by atoms with Crippen LogP contribution in [0.2, 0.25) is 0 Å². The lowest BCUT2D eigenvalue weighted by Crippen LogP contribution is -2.26. The summed E-state index contributed by atoms with van der Waals surface area (Å²) in [6.45, 7) is 0. The number of fused-ring (bicyclic) bond motifs is 13. The molecule has 8 aromatic carbocycles. The molecule has 8 aromatic rings. The van der Waals surface area contributed by atoms with E-state index in [9.17, 15) is 0 Å². The maximum atomic E-state index is 2.44. The van der Waals surface area contributed by atoms with Crippen molar-refractivity contribution in [2.45, 2.75) is 5.41 Å². The van der Waals surface area contributed by atoms with Crippen molar-refractivity contribution in [1.82, 2.24) is 0 Å². The minimum Gasteiger partial charge on any atom is -0.310 e. The van der Waals surface area contributed by atoms with Crippen molar-refractivity contribution in [3.05, 3.63) is 198 Å². The Bertz CT molecular complexity index is 2430. The Hall–Kier alpha value is -5.92. The molecule has 0 bridgehead atoms. The van der Waals surface area contributed by atoms with Gasteiger partial charge in [-0.25, -0.2) is 0 Å². The van der Waals surface area contributed by atoms with E-state index in [2.05, 4.69) is 181 Å². The third kappa shape index (κ3) is 3.35. The molecule has 1 nitrogen and oxygen atoms in total. The SMILES string of the molecule is c1ccc(N(c2ccc3ccccc3c2)c2ccc3ccc4c(c3c2)C2(c3ccccc3-c3ccccc32)c2ccccc2-4)cc1. The molecule has 0 aliphatic heterocycles. The van der Waals surface area contributed by atoms with Crippen molar-refractivity contribution in [3.63, 3.8) is 0 Å². The van der Waals surface area contributed by atoms with E-state index in [4.69, 9.17) is 0 Å². The molecule has 0 fully saturated rings. The maximum Gasteiger partial charge on any atom is 0.0731 e. The van der Waals surface area contributed by atoms with Gasteiger partial charge in [-0.05, 0) is 102 Å². The number of para-hydroxylation sites is 1. The van der Waals surface area contributed by atoms with E-state index in [1.54, 1.807) is 0 Å². The van der Waals surface area contributed by atoms with Crippen molar-refractivity contribution in [2.24, 2.45) is 0 Å². The maximum absolute atomic E-state index is 2.44. The quantitative estimate of drug-likeness (QED) is 0.200. The zero-order chi connectivity index (χ0) is 30.2. The molecule has 1 heteroatoms. The average molecular weight is 584 g/mol. The van der Waals surface area contributed by atoms with Gasteiger partial charge in [0.15, 0.2) is 0 Å². The third-order valence-corrected chi connectivity index (χ3v) is 10.2. The van der Waals surface area contributed by atoms with Gasteiger partial charge in [0, 0.05) is 17.1 Å². The summed E-state index contributed by atoms with van der Waals surface area (Å²) in [5.41, 5.74) is 13.8. The minimum atomic E-state index is -0.391. The van der Waals surface area contributed by atoms with Crippen LogP contribution in [-0.4, -0.2) is 0 Å². The lowest BCUT2D eigenvalue weighted by atomic mass is 9.69. The molecule has 0 heterocycles. The molecule has 0 radical (unpaired) electrons. The molecular formula is C45H29N. The minimum absolute atomic E-state index is 0.391. The van der Waals surface area contributed by atoms with Gasteiger partial charge >= 0.3 is 0 Å². The lowest BCUT2D eigenvalue weighted by Gasteiger charge is -2.32. The summed E-state index contributed by atoms with van der Waals surface area (Å²) in [7, 11) is 0. The van der Waals surface area contributed by atoms with E-state index in [-0.39, 0.29) is 0 Å². The predicted octanol–water partition coefficient (Wildman–Crippen LogP) is 11.8. The van der Waals surface area contributed by atoms with Crippen LogP contribution < -0.4 is 4.90 Å². The van der Waals surface area contributed by atoms with Gasteiger partial charge in [0.2, 0.25) is 0 Å². The molecule has 0 saturated carbocycles. The highest BCUT2D eigenvalue weighted by Crippen LogP contribution is 2.64. The van der Waals surface area contributed by atoms with Crippen LogP contribution in [0.1, 0.15) is 22.3 Å². The Balaban J connectivity index is 1.30. The van der Waals surface area contributed by atoms with Crippen LogP contribution in [0.5, 0.6) is 0 Å². The van der Waals surface area contributed by atoms with E-state index in [1.807, 2.05) is 0 Å². The summed E-state index contributed by atoms with van der Waals surface area (Å²) in [6.07, 6.45) is 0. The highest BCUT2D eigenvalue weighted by molar-refractivity contribution is 6.05. The highest BCUT2D eigenvalue weighted by atomic mass is 15.1. The Kier molecular flexibility index (Phi) is 5.27. The Labute approximate surface area is 268 Å². The molecule has 0 amide bonds. The largest absolute Gasteiger partial charge is 0.310 e. The van der Waals surface area contributed by atoms with Crippen molar-refractivity contribution < 1.29 is 0 Å². The second-order valence-electron chi connectivity index (χ2n) is 12.5. The van der Waals surface area contributed by atoms with Gasteiger partial charge in [0.1, 0.15) is 0 Å². The van der Waals surface area contributed by atoms with E-state index in [0.717, 1.165) is 17.1 Å². The second-order valence-corrected chi connectivity index (χ2v) is 12.5. The van der Waals surface area contributed by atoms with Gasteiger partial charge in [-0.3, -0.25) is 0 Å². The number of benzene rings is 8. The molecular weight excluding hydrogens is 555 g/mol. The topological polar surface area (TPSA) is 3.24 Å². The van der Waals surface area contributed by atoms with Crippen LogP contribution in [-0.2, 0) is 5.41 Å². The van der Waals surface area contributed by atoms with Gasteiger partial charge in [-0.15, -0.1) is 0 Å². The first-order valence-corrected chi connectivity index (χ1v) is 16.0. The van der Waals surface area contributed by atoms with E-state index >= 15 is 0 Å². The van der Waals surface area contributed by atoms with Gasteiger partial charge in [0.05, 0.1) is 5.41 Å². The first-order chi connectivity index (χ1) is 22.8. The summed E-state index contributed by atoms with van der Waals surface area (Å²) in [5, 5.41) is 5.02. The average Bonchev–Trinajstić information content (AvgIpc) is 3.60. The van der Waals surface area contributed by atoms with Crippen LogP contribution in [0.4, 0.5) is 17.1 Å². The van der Waals surface area contributed by atoms with Crippen molar-refractivity contribution in [3.8, 4) is 22.3 Å². The van der Waals surface area contributed by atoms with Gasteiger partial charge in [0.25, 0.3) is 0 Å². The number of nitrogens with zero attached hydrogens (tertiary/aromatic N) is 1. The van der Waals surface area contributed by atoms with E-state index < -0.39 is 5.41 Å². The lowest BCUT2D eigenvalue weighted by molar-refractivity contribution is 0.801. The van der Waals surface area contributed by atoms with Crippen LogP contribution in [0.15, 0.2) is 176 Å². The summed E-state index contributed by atoms with van der Waals surface area (Å²) in [5.74, 6) is 0. The summed E-state index contributed by atoms with van der Waals surface area (Å²) >= 11 is 0. The fourth-order valence-electron chi connectivity index (χ4n) is 8.39. The highest BCUT2D eigenvalue weighted by Gasteiger charge is 2.52. The number of anilines is 3.